The number of carbonyl (C=O) groups excluding carboxylic acids is 1. The molecule has 4 N–H and O–H groups in total. The van der Waals surface area contributed by atoms with Crippen molar-refractivity contribution in [3.05, 3.63) is 33.7 Å². The average molecular weight is 254 g/mol. The molecule has 6 heteroatoms. The van der Waals surface area contributed by atoms with Crippen molar-refractivity contribution in [3.63, 3.8) is 0 Å². The predicted octanol–water partition coefficient (Wildman–Crippen LogP) is -0.396. The van der Waals surface area contributed by atoms with Gasteiger partial charge in [0.15, 0.2) is 0 Å². The number of hydrogen-bond acceptors (Lipinski definition) is 4. The van der Waals surface area contributed by atoms with Gasteiger partial charge in [0.05, 0.1) is 6.10 Å². The molecule has 0 radical (unpaired) electrons. The Morgan fingerprint density at radius 2 is 2.17 bits per heavy atom. The van der Waals surface area contributed by atoms with Crippen LogP contribution in [0.15, 0.2) is 17.1 Å². The number of aromatic amines is 1. The summed E-state index contributed by atoms with van der Waals surface area (Å²) in [4.78, 5) is 24.6. The molecule has 0 bridgehead atoms. The Morgan fingerprint density at radius 3 is 2.78 bits per heavy atom. The van der Waals surface area contributed by atoms with Crippen molar-refractivity contribution in [3.8, 4) is 0 Å². The molecule has 18 heavy (non-hydrogen) atoms. The molecule has 0 spiro atoms. The summed E-state index contributed by atoms with van der Waals surface area (Å²) in [5, 5.41) is 22.1. The summed E-state index contributed by atoms with van der Waals surface area (Å²) < 4.78 is 0. The van der Waals surface area contributed by atoms with Crippen molar-refractivity contribution < 1.29 is 15.0 Å². The number of aliphatic hydroxyl groups is 2. The van der Waals surface area contributed by atoms with Crippen LogP contribution in [0.2, 0.25) is 0 Å². The Labute approximate surface area is 105 Å². The van der Waals surface area contributed by atoms with E-state index >= 15 is 0 Å². The Bertz CT molecular complexity index is 469. The summed E-state index contributed by atoms with van der Waals surface area (Å²) in [7, 11) is 0. The van der Waals surface area contributed by atoms with E-state index in [1.54, 1.807) is 6.92 Å². The molecular formula is C12H18N2O4. The highest BCUT2D eigenvalue weighted by molar-refractivity contribution is 5.72. The van der Waals surface area contributed by atoms with Crippen LogP contribution < -0.4 is 10.9 Å². The van der Waals surface area contributed by atoms with E-state index in [1.165, 1.54) is 19.2 Å². The van der Waals surface area contributed by atoms with Crippen LogP contribution in [0.3, 0.4) is 0 Å². The molecule has 0 aliphatic heterocycles. The van der Waals surface area contributed by atoms with Gasteiger partial charge in [0.1, 0.15) is 6.10 Å². The van der Waals surface area contributed by atoms with Crippen molar-refractivity contribution in [2.45, 2.75) is 32.5 Å². The SMILES string of the molecule is CC(=O)NCCC(O)C(O)c1cc(C)c[nH]c1=O. The van der Waals surface area contributed by atoms with Gasteiger partial charge in [-0.25, -0.2) is 0 Å². The summed E-state index contributed by atoms with van der Waals surface area (Å²) in [5.41, 5.74) is 0.495. The number of carbonyl (C=O) groups is 1. The largest absolute Gasteiger partial charge is 0.390 e. The third-order valence-corrected chi connectivity index (χ3v) is 2.57. The number of rotatable bonds is 5. The highest BCUT2D eigenvalue weighted by atomic mass is 16.3. The van der Waals surface area contributed by atoms with Crippen molar-refractivity contribution in [2.24, 2.45) is 0 Å². The second-order valence-electron chi connectivity index (χ2n) is 4.25. The molecule has 1 aromatic rings. The van der Waals surface area contributed by atoms with Gasteiger partial charge in [-0.05, 0) is 25.0 Å². The average Bonchev–Trinajstić information content (AvgIpc) is 2.30. The van der Waals surface area contributed by atoms with Crippen LogP contribution in [0.5, 0.6) is 0 Å². The molecule has 1 amide bonds. The second-order valence-corrected chi connectivity index (χ2v) is 4.25. The van der Waals surface area contributed by atoms with E-state index in [-0.39, 0.29) is 24.4 Å². The normalized spacial score (nSPS) is 14.0. The van der Waals surface area contributed by atoms with E-state index in [4.69, 9.17) is 0 Å². The predicted molar refractivity (Wildman–Crippen MR) is 66.1 cm³/mol. The van der Waals surface area contributed by atoms with E-state index < -0.39 is 17.8 Å². The zero-order valence-electron chi connectivity index (χ0n) is 10.4. The van der Waals surface area contributed by atoms with Gasteiger partial charge in [-0.2, -0.15) is 0 Å². The molecule has 100 valence electrons. The molecule has 2 unspecified atom stereocenters. The van der Waals surface area contributed by atoms with Gasteiger partial charge in [-0.1, -0.05) is 0 Å². The number of pyridine rings is 1. The standard InChI is InChI=1S/C12H18N2O4/c1-7-5-9(12(18)14-6-7)11(17)10(16)3-4-13-8(2)15/h5-6,10-11,16-17H,3-4H2,1-2H3,(H,13,15)(H,14,18). The van der Waals surface area contributed by atoms with Gasteiger partial charge >= 0.3 is 0 Å². The van der Waals surface area contributed by atoms with Crippen molar-refractivity contribution in [2.75, 3.05) is 6.54 Å². The Balaban J connectivity index is 2.68. The van der Waals surface area contributed by atoms with E-state index in [0.29, 0.717) is 0 Å². The Morgan fingerprint density at radius 1 is 1.50 bits per heavy atom. The van der Waals surface area contributed by atoms with Crippen LogP contribution in [0.1, 0.15) is 30.6 Å². The third-order valence-electron chi connectivity index (χ3n) is 2.57. The highest BCUT2D eigenvalue weighted by Crippen LogP contribution is 2.15. The quantitative estimate of drug-likeness (QED) is 0.574. The van der Waals surface area contributed by atoms with E-state index in [0.717, 1.165) is 5.56 Å². The molecule has 1 aromatic heterocycles. The van der Waals surface area contributed by atoms with Crippen LogP contribution in [-0.2, 0) is 4.79 Å². The minimum atomic E-state index is -1.26. The van der Waals surface area contributed by atoms with E-state index in [1.807, 2.05) is 0 Å². The molecule has 0 aliphatic carbocycles. The molecule has 2 atom stereocenters. The number of amides is 1. The fraction of sp³-hybridized carbons (Fsp3) is 0.500. The van der Waals surface area contributed by atoms with Crippen molar-refractivity contribution >= 4 is 5.91 Å². The lowest BCUT2D eigenvalue weighted by molar-refractivity contribution is -0.119. The number of aliphatic hydroxyl groups excluding tert-OH is 2. The number of H-pyrrole nitrogens is 1. The van der Waals surface area contributed by atoms with Gasteiger partial charge in [0, 0.05) is 25.2 Å². The maximum Gasteiger partial charge on any atom is 0.253 e. The molecule has 6 nitrogen and oxygen atoms in total. The first-order valence-electron chi connectivity index (χ1n) is 5.71. The molecule has 0 saturated heterocycles. The molecule has 0 fully saturated rings. The zero-order valence-corrected chi connectivity index (χ0v) is 10.4. The first-order valence-corrected chi connectivity index (χ1v) is 5.71. The first kappa shape index (κ1) is 14.4. The highest BCUT2D eigenvalue weighted by Gasteiger charge is 2.21. The zero-order chi connectivity index (χ0) is 13.7. The van der Waals surface area contributed by atoms with Crippen LogP contribution >= 0.6 is 0 Å². The minimum absolute atomic E-state index is 0.130. The molecule has 1 rings (SSSR count). The lowest BCUT2D eigenvalue weighted by Gasteiger charge is -2.17. The molecule has 0 aromatic carbocycles. The van der Waals surface area contributed by atoms with Gasteiger partial charge in [-0.3, -0.25) is 9.59 Å². The number of aryl methyl sites for hydroxylation is 1. The van der Waals surface area contributed by atoms with Crippen LogP contribution in [0.25, 0.3) is 0 Å². The fourth-order valence-electron chi connectivity index (χ4n) is 1.60. The van der Waals surface area contributed by atoms with Gasteiger partial charge in [-0.15, -0.1) is 0 Å². The second kappa shape index (κ2) is 6.32. The molecular weight excluding hydrogens is 236 g/mol. The third kappa shape index (κ3) is 3.97. The fourth-order valence-corrected chi connectivity index (χ4v) is 1.60. The molecule has 0 aliphatic rings. The van der Waals surface area contributed by atoms with Gasteiger partial charge < -0.3 is 20.5 Å². The number of nitrogens with one attached hydrogen (secondary N) is 2. The van der Waals surface area contributed by atoms with Gasteiger partial charge in [0.25, 0.3) is 5.56 Å². The lowest BCUT2D eigenvalue weighted by atomic mass is 10.0. The smallest absolute Gasteiger partial charge is 0.253 e. The monoisotopic (exact) mass is 254 g/mol. The maximum absolute atomic E-state index is 11.5. The van der Waals surface area contributed by atoms with Crippen molar-refractivity contribution in [1.29, 1.82) is 0 Å². The Kier molecular flexibility index (Phi) is 5.06. The minimum Gasteiger partial charge on any atom is -0.390 e. The number of aromatic nitrogens is 1. The summed E-state index contributed by atoms with van der Waals surface area (Å²) in [6.45, 7) is 3.39. The van der Waals surface area contributed by atoms with Crippen molar-refractivity contribution in [1.82, 2.24) is 10.3 Å². The van der Waals surface area contributed by atoms with E-state index in [9.17, 15) is 19.8 Å². The topological polar surface area (TPSA) is 102 Å². The number of hydrogen-bond donors (Lipinski definition) is 4. The van der Waals surface area contributed by atoms with Crippen LogP contribution in [0.4, 0.5) is 0 Å². The summed E-state index contributed by atoms with van der Waals surface area (Å²) in [5.74, 6) is -0.204. The van der Waals surface area contributed by atoms with Gasteiger partial charge in [0.2, 0.25) is 5.91 Å². The maximum atomic E-state index is 11.5. The van der Waals surface area contributed by atoms with Crippen LogP contribution in [-0.4, -0.2) is 33.8 Å². The van der Waals surface area contributed by atoms with Crippen LogP contribution in [0, 0.1) is 6.92 Å². The molecule has 1 heterocycles. The van der Waals surface area contributed by atoms with E-state index in [2.05, 4.69) is 10.3 Å². The Hall–Kier alpha value is -1.66. The summed E-state index contributed by atoms with van der Waals surface area (Å²) in [6, 6.07) is 1.53. The summed E-state index contributed by atoms with van der Waals surface area (Å²) in [6.07, 6.45) is -0.654. The molecule has 0 saturated carbocycles. The first-order chi connectivity index (χ1) is 8.41. The lowest BCUT2D eigenvalue weighted by Crippen LogP contribution is -2.30. The summed E-state index contributed by atoms with van der Waals surface area (Å²) >= 11 is 0.